The molecule has 0 aliphatic heterocycles. The molecule has 4 rings (SSSR count). The van der Waals surface area contributed by atoms with Crippen molar-refractivity contribution in [3.8, 4) is 5.75 Å². The highest BCUT2D eigenvalue weighted by Gasteiger charge is 2.20. The van der Waals surface area contributed by atoms with Gasteiger partial charge < -0.3 is 14.5 Å². The number of ether oxygens (including phenoxy) is 1. The van der Waals surface area contributed by atoms with Crippen molar-refractivity contribution in [1.82, 2.24) is 10.3 Å². The lowest BCUT2D eigenvalue weighted by molar-refractivity contribution is 0.0925. The molecule has 2 aromatic carbocycles. The van der Waals surface area contributed by atoms with Gasteiger partial charge in [0.2, 0.25) is 0 Å². The first kappa shape index (κ1) is 20.5. The summed E-state index contributed by atoms with van der Waals surface area (Å²) in [6.07, 6.45) is 0.712. The minimum Gasteiger partial charge on any atom is -0.494 e. The van der Waals surface area contributed by atoms with E-state index in [9.17, 15) is 4.79 Å². The second-order valence-electron chi connectivity index (χ2n) is 6.72. The van der Waals surface area contributed by atoms with Crippen LogP contribution in [0.2, 0.25) is 0 Å². The van der Waals surface area contributed by atoms with Gasteiger partial charge in [-0.2, -0.15) is 0 Å². The number of benzene rings is 2. The molecule has 0 saturated carbocycles. The molecule has 0 fully saturated rings. The van der Waals surface area contributed by atoms with Crippen LogP contribution in [-0.4, -0.2) is 24.0 Å². The Kier molecular flexibility index (Phi) is 6.71. The topological polar surface area (TPSA) is 64.4 Å². The maximum absolute atomic E-state index is 12.8. The Morgan fingerprint density at radius 2 is 1.97 bits per heavy atom. The van der Waals surface area contributed by atoms with Gasteiger partial charge in [0.15, 0.2) is 5.76 Å². The maximum Gasteiger partial charge on any atom is 0.287 e. The number of fused-ring (bicyclic) bond motifs is 1. The molecule has 4 aromatic rings. The van der Waals surface area contributed by atoms with Crippen LogP contribution in [0.15, 0.2) is 68.7 Å². The first-order valence-electron chi connectivity index (χ1n) is 9.72. The molecule has 0 unspecified atom stereocenters. The summed E-state index contributed by atoms with van der Waals surface area (Å²) in [4.78, 5) is 17.3. The molecule has 0 aliphatic rings. The van der Waals surface area contributed by atoms with E-state index < -0.39 is 0 Å². The number of aromatic nitrogens is 1. The van der Waals surface area contributed by atoms with Crippen LogP contribution in [0.3, 0.4) is 0 Å². The fourth-order valence-corrected chi connectivity index (χ4v) is 4.90. The van der Waals surface area contributed by atoms with Crippen molar-refractivity contribution in [2.24, 2.45) is 0 Å². The highest BCUT2D eigenvalue weighted by molar-refractivity contribution is 8.00. The van der Waals surface area contributed by atoms with E-state index >= 15 is 0 Å². The zero-order valence-electron chi connectivity index (χ0n) is 16.6. The molecule has 2 heterocycles. The predicted molar refractivity (Wildman–Crippen MR) is 122 cm³/mol. The minimum atomic E-state index is -0.197. The van der Waals surface area contributed by atoms with Crippen molar-refractivity contribution in [2.45, 2.75) is 23.4 Å². The Bertz CT molecular complexity index is 1120. The van der Waals surface area contributed by atoms with Crippen LogP contribution in [0.5, 0.6) is 5.75 Å². The second-order valence-corrected chi connectivity index (χ2v) is 8.80. The van der Waals surface area contributed by atoms with Crippen molar-refractivity contribution in [3.63, 3.8) is 0 Å². The number of para-hydroxylation sites is 2. The molecule has 0 radical (unpaired) electrons. The number of thioether (sulfide) groups is 1. The van der Waals surface area contributed by atoms with E-state index in [2.05, 4.69) is 10.3 Å². The largest absolute Gasteiger partial charge is 0.494 e. The van der Waals surface area contributed by atoms with E-state index in [1.807, 2.05) is 66.9 Å². The molecule has 0 aliphatic carbocycles. The van der Waals surface area contributed by atoms with Gasteiger partial charge in [-0.3, -0.25) is 4.79 Å². The van der Waals surface area contributed by atoms with E-state index in [0.717, 1.165) is 32.3 Å². The molecule has 0 saturated heterocycles. The van der Waals surface area contributed by atoms with Crippen molar-refractivity contribution in [3.05, 3.63) is 77.0 Å². The molecular formula is C23H22N2O3S2. The van der Waals surface area contributed by atoms with Gasteiger partial charge >= 0.3 is 0 Å². The summed E-state index contributed by atoms with van der Waals surface area (Å²) in [6.45, 7) is 3.03. The molecule has 1 amide bonds. The molecule has 2 aromatic heterocycles. The molecule has 1 N–H and O–H groups in total. The Labute approximate surface area is 183 Å². The summed E-state index contributed by atoms with van der Waals surface area (Å²) in [5.41, 5.74) is 2.64. The van der Waals surface area contributed by atoms with Crippen molar-refractivity contribution in [2.75, 3.05) is 13.2 Å². The van der Waals surface area contributed by atoms with E-state index in [1.54, 1.807) is 23.1 Å². The first-order valence-corrected chi connectivity index (χ1v) is 11.6. The zero-order chi connectivity index (χ0) is 20.8. The van der Waals surface area contributed by atoms with Crippen molar-refractivity contribution in [1.29, 1.82) is 0 Å². The van der Waals surface area contributed by atoms with Crippen LogP contribution in [0.1, 0.15) is 28.2 Å². The average molecular weight is 439 g/mol. The van der Waals surface area contributed by atoms with E-state index in [4.69, 9.17) is 9.15 Å². The fourth-order valence-electron chi connectivity index (χ4n) is 3.02. The van der Waals surface area contributed by atoms with Crippen molar-refractivity contribution < 1.29 is 13.9 Å². The molecule has 0 spiro atoms. The smallest absolute Gasteiger partial charge is 0.287 e. The lowest BCUT2D eigenvalue weighted by atomic mass is 10.1. The lowest BCUT2D eigenvalue weighted by Crippen LogP contribution is -2.26. The molecule has 7 heteroatoms. The fraction of sp³-hybridized carbons (Fsp3) is 0.217. The summed E-state index contributed by atoms with van der Waals surface area (Å²) >= 11 is 3.24. The van der Waals surface area contributed by atoms with Gasteiger partial charge in [0.1, 0.15) is 15.7 Å². The number of hydrogen-bond acceptors (Lipinski definition) is 6. The number of aryl methyl sites for hydroxylation is 1. The highest BCUT2D eigenvalue weighted by atomic mass is 32.2. The average Bonchev–Trinajstić information content (AvgIpc) is 3.35. The third-order valence-corrected chi connectivity index (χ3v) is 6.63. The third-order valence-electron chi connectivity index (χ3n) is 4.46. The van der Waals surface area contributed by atoms with E-state index in [0.29, 0.717) is 31.1 Å². The molecule has 0 atom stereocenters. The number of rotatable bonds is 9. The lowest BCUT2D eigenvalue weighted by Gasteiger charge is -2.07. The van der Waals surface area contributed by atoms with Gasteiger partial charge in [0.25, 0.3) is 5.91 Å². The first-order chi connectivity index (χ1) is 14.7. The van der Waals surface area contributed by atoms with E-state index in [1.165, 1.54) is 0 Å². The monoisotopic (exact) mass is 438 g/mol. The van der Waals surface area contributed by atoms with Gasteiger partial charge in [-0.1, -0.05) is 48.2 Å². The van der Waals surface area contributed by atoms with Gasteiger partial charge in [0.05, 0.1) is 6.61 Å². The van der Waals surface area contributed by atoms with Crippen LogP contribution in [0, 0.1) is 6.92 Å². The van der Waals surface area contributed by atoms with E-state index in [-0.39, 0.29) is 5.91 Å². The summed E-state index contributed by atoms with van der Waals surface area (Å²) in [6, 6.07) is 17.4. The summed E-state index contributed by atoms with van der Waals surface area (Å²) in [7, 11) is 0. The number of carbonyl (C=O) groups excluding carboxylic acids is 1. The number of furan rings is 1. The molecular weight excluding hydrogens is 416 g/mol. The SMILES string of the molecule is Cc1csc(SCc2c(C(=O)NCCCOc3ccccc3)oc3ccccc23)n1. The van der Waals surface area contributed by atoms with Gasteiger partial charge in [-0.05, 0) is 31.5 Å². The number of nitrogens with one attached hydrogen (secondary N) is 1. The summed E-state index contributed by atoms with van der Waals surface area (Å²) in [5.74, 6) is 1.64. The molecule has 5 nitrogen and oxygen atoms in total. The molecule has 30 heavy (non-hydrogen) atoms. The Morgan fingerprint density at radius 3 is 2.77 bits per heavy atom. The zero-order valence-corrected chi connectivity index (χ0v) is 18.2. The van der Waals surface area contributed by atoms with Crippen LogP contribution in [0.25, 0.3) is 11.0 Å². The Hall–Kier alpha value is -2.77. The number of amides is 1. The molecule has 154 valence electrons. The maximum atomic E-state index is 12.8. The quantitative estimate of drug-likeness (QED) is 0.269. The van der Waals surface area contributed by atoms with Gasteiger partial charge in [-0.25, -0.2) is 4.98 Å². The van der Waals surface area contributed by atoms with Crippen molar-refractivity contribution >= 4 is 40.0 Å². The van der Waals surface area contributed by atoms with Gasteiger partial charge in [0, 0.05) is 34.3 Å². The number of thiazole rings is 1. The highest BCUT2D eigenvalue weighted by Crippen LogP contribution is 2.33. The minimum absolute atomic E-state index is 0.197. The Balaban J connectivity index is 1.38. The normalized spacial score (nSPS) is 11.0. The Morgan fingerprint density at radius 1 is 1.17 bits per heavy atom. The van der Waals surface area contributed by atoms with Crippen LogP contribution < -0.4 is 10.1 Å². The summed E-state index contributed by atoms with van der Waals surface area (Å²) < 4.78 is 12.6. The van der Waals surface area contributed by atoms with Crippen LogP contribution in [0.4, 0.5) is 0 Å². The third kappa shape index (κ3) is 5.04. The van der Waals surface area contributed by atoms with Crippen LogP contribution >= 0.6 is 23.1 Å². The molecule has 0 bridgehead atoms. The second kappa shape index (κ2) is 9.82. The van der Waals surface area contributed by atoms with Gasteiger partial charge in [-0.15, -0.1) is 11.3 Å². The number of carbonyl (C=O) groups is 1. The summed E-state index contributed by atoms with van der Waals surface area (Å²) in [5, 5.41) is 5.95. The van der Waals surface area contributed by atoms with Crippen LogP contribution in [-0.2, 0) is 5.75 Å². The standard InChI is InChI=1S/C23H22N2O3S2/c1-16-14-29-23(25-16)30-15-19-18-10-5-6-11-20(18)28-21(19)22(26)24-12-7-13-27-17-8-3-2-4-9-17/h2-6,8-11,14H,7,12-13,15H2,1H3,(H,24,26). The number of hydrogen-bond donors (Lipinski definition) is 1. The number of nitrogens with zero attached hydrogens (tertiary/aromatic N) is 1. The predicted octanol–water partition coefficient (Wildman–Crippen LogP) is 5.69.